The molecule has 1 atom stereocenters. The second-order valence-corrected chi connectivity index (χ2v) is 3.05. The van der Waals surface area contributed by atoms with Crippen LogP contribution in [-0.4, -0.2) is 5.11 Å². The van der Waals surface area contributed by atoms with Crippen LogP contribution in [0.25, 0.3) is 0 Å². The lowest BCUT2D eigenvalue weighted by atomic mass is 10.0. The molecule has 0 bridgehead atoms. The van der Waals surface area contributed by atoms with Gasteiger partial charge in [-0.25, -0.2) is 4.39 Å². The summed E-state index contributed by atoms with van der Waals surface area (Å²) in [7, 11) is 0. The van der Waals surface area contributed by atoms with Gasteiger partial charge in [-0.2, -0.15) is 0 Å². The second kappa shape index (κ2) is 4.19. The van der Waals surface area contributed by atoms with E-state index < -0.39 is 6.10 Å². The molecule has 0 saturated heterocycles. The van der Waals surface area contributed by atoms with Crippen molar-refractivity contribution in [2.45, 2.75) is 19.4 Å². The summed E-state index contributed by atoms with van der Waals surface area (Å²) in [5.41, 5.74) is 1.29. The molecule has 0 aliphatic heterocycles. The molecule has 70 valence electrons. The van der Waals surface area contributed by atoms with Gasteiger partial charge in [0.15, 0.2) is 0 Å². The summed E-state index contributed by atoms with van der Waals surface area (Å²) < 4.78 is 12.8. The number of hydrogen-bond donors (Lipinski definition) is 1. The van der Waals surface area contributed by atoms with Gasteiger partial charge in [0.25, 0.3) is 0 Å². The number of benzene rings is 1. The standard InChI is InChI=1S/C11H13FO/c1-3-4-11(13)9-5-6-10(12)8(2)7-9/h3,5-7,11,13H,1,4H2,2H3/t11-/m1/s1. The zero-order valence-corrected chi connectivity index (χ0v) is 7.63. The third-order valence-corrected chi connectivity index (χ3v) is 1.96. The molecule has 0 aliphatic carbocycles. The van der Waals surface area contributed by atoms with Crippen LogP contribution < -0.4 is 0 Å². The van der Waals surface area contributed by atoms with Crippen LogP contribution in [0.4, 0.5) is 4.39 Å². The van der Waals surface area contributed by atoms with Crippen LogP contribution >= 0.6 is 0 Å². The van der Waals surface area contributed by atoms with E-state index in [2.05, 4.69) is 6.58 Å². The zero-order chi connectivity index (χ0) is 9.84. The van der Waals surface area contributed by atoms with Crippen LogP contribution in [0, 0.1) is 12.7 Å². The number of aliphatic hydroxyl groups is 1. The summed E-state index contributed by atoms with van der Waals surface area (Å²) in [6.45, 7) is 5.21. The molecule has 1 nitrogen and oxygen atoms in total. The Morgan fingerprint density at radius 3 is 2.85 bits per heavy atom. The summed E-state index contributed by atoms with van der Waals surface area (Å²) in [5, 5.41) is 9.54. The topological polar surface area (TPSA) is 20.2 Å². The van der Waals surface area contributed by atoms with E-state index in [1.165, 1.54) is 6.07 Å². The molecule has 0 aliphatic rings. The van der Waals surface area contributed by atoms with E-state index in [0.717, 1.165) is 5.56 Å². The molecule has 0 amide bonds. The molecule has 13 heavy (non-hydrogen) atoms. The minimum Gasteiger partial charge on any atom is -0.388 e. The van der Waals surface area contributed by atoms with Gasteiger partial charge in [0, 0.05) is 0 Å². The highest BCUT2D eigenvalue weighted by Crippen LogP contribution is 2.19. The van der Waals surface area contributed by atoms with Crippen LogP contribution in [0.1, 0.15) is 23.7 Å². The van der Waals surface area contributed by atoms with Gasteiger partial charge in [0.1, 0.15) is 5.82 Å². The fourth-order valence-corrected chi connectivity index (χ4v) is 1.17. The molecule has 0 fully saturated rings. The van der Waals surface area contributed by atoms with E-state index in [1.807, 2.05) is 0 Å². The average molecular weight is 180 g/mol. The van der Waals surface area contributed by atoms with Crippen molar-refractivity contribution < 1.29 is 9.50 Å². The number of aliphatic hydroxyl groups excluding tert-OH is 1. The van der Waals surface area contributed by atoms with Crippen LogP contribution in [0.2, 0.25) is 0 Å². The van der Waals surface area contributed by atoms with Gasteiger partial charge in [-0.15, -0.1) is 6.58 Å². The van der Waals surface area contributed by atoms with Crippen molar-refractivity contribution in [3.8, 4) is 0 Å². The molecule has 0 unspecified atom stereocenters. The Labute approximate surface area is 77.5 Å². The minimum absolute atomic E-state index is 0.241. The maximum absolute atomic E-state index is 12.8. The molecule has 2 heteroatoms. The van der Waals surface area contributed by atoms with E-state index in [4.69, 9.17) is 0 Å². The van der Waals surface area contributed by atoms with Crippen LogP contribution in [0.5, 0.6) is 0 Å². The minimum atomic E-state index is -0.572. The lowest BCUT2D eigenvalue weighted by Crippen LogP contribution is -1.96. The highest BCUT2D eigenvalue weighted by atomic mass is 19.1. The molecule has 1 N–H and O–H groups in total. The van der Waals surface area contributed by atoms with E-state index in [-0.39, 0.29) is 5.82 Å². The first-order valence-corrected chi connectivity index (χ1v) is 4.20. The third kappa shape index (κ3) is 2.39. The predicted octanol–water partition coefficient (Wildman–Crippen LogP) is 2.74. The lowest BCUT2D eigenvalue weighted by molar-refractivity contribution is 0.181. The summed E-state index contributed by atoms with van der Waals surface area (Å²) in [5.74, 6) is -0.241. The van der Waals surface area contributed by atoms with Crippen LogP contribution in [-0.2, 0) is 0 Å². The fraction of sp³-hybridized carbons (Fsp3) is 0.273. The monoisotopic (exact) mass is 180 g/mol. The van der Waals surface area contributed by atoms with Crippen LogP contribution in [0.15, 0.2) is 30.9 Å². The Morgan fingerprint density at radius 2 is 2.31 bits per heavy atom. The Morgan fingerprint density at radius 1 is 1.62 bits per heavy atom. The molecule has 0 aromatic heterocycles. The molecule has 0 saturated carbocycles. The van der Waals surface area contributed by atoms with E-state index in [9.17, 15) is 9.50 Å². The quantitative estimate of drug-likeness (QED) is 0.709. The van der Waals surface area contributed by atoms with E-state index in [1.54, 1.807) is 25.1 Å². The van der Waals surface area contributed by atoms with Crippen molar-refractivity contribution >= 4 is 0 Å². The molecule has 0 spiro atoms. The number of hydrogen-bond acceptors (Lipinski definition) is 1. The molecule has 0 radical (unpaired) electrons. The molecule has 1 aromatic carbocycles. The van der Waals surface area contributed by atoms with Crippen molar-refractivity contribution in [2.75, 3.05) is 0 Å². The van der Waals surface area contributed by atoms with Gasteiger partial charge < -0.3 is 5.11 Å². The van der Waals surface area contributed by atoms with Crippen molar-refractivity contribution in [3.05, 3.63) is 47.8 Å². The summed E-state index contributed by atoms with van der Waals surface area (Å²) in [6.07, 6.45) is 1.56. The summed E-state index contributed by atoms with van der Waals surface area (Å²) in [6, 6.07) is 4.62. The van der Waals surface area contributed by atoms with Crippen molar-refractivity contribution in [2.24, 2.45) is 0 Å². The molecular weight excluding hydrogens is 167 g/mol. The lowest BCUT2D eigenvalue weighted by Gasteiger charge is -2.09. The number of halogens is 1. The maximum Gasteiger partial charge on any atom is 0.126 e. The van der Waals surface area contributed by atoms with Crippen LogP contribution in [0.3, 0.4) is 0 Å². The largest absolute Gasteiger partial charge is 0.388 e. The highest BCUT2D eigenvalue weighted by molar-refractivity contribution is 5.25. The van der Waals surface area contributed by atoms with E-state index >= 15 is 0 Å². The molecule has 0 heterocycles. The van der Waals surface area contributed by atoms with Crippen molar-refractivity contribution in [1.82, 2.24) is 0 Å². The number of aryl methyl sites for hydroxylation is 1. The van der Waals surface area contributed by atoms with Gasteiger partial charge in [-0.1, -0.05) is 18.2 Å². The Hall–Kier alpha value is -1.15. The van der Waals surface area contributed by atoms with Crippen molar-refractivity contribution in [3.63, 3.8) is 0 Å². The van der Waals surface area contributed by atoms with Crippen molar-refractivity contribution in [1.29, 1.82) is 0 Å². The average Bonchev–Trinajstić information content (AvgIpc) is 2.10. The Kier molecular flexibility index (Phi) is 3.20. The Bertz CT molecular complexity index is 307. The summed E-state index contributed by atoms with van der Waals surface area (Å²) in [4.78, 5) is 0. The maximum atomic E-state index is 12.8. The number of rotatable bonds is 3. The first-order valence-electron chi connectivity index (χ1n) is 4.20. The van der Waals surface area contributed by atoms with Gasteiger partial charge in [0.05, 0.1) is 6.10 Å². The first kappa shape index (κ1) is 9.93. The van der Waals surface area contributed by atoms with Gasteiger partial charge in [-0.05, 0) is 30.5 Å². The van der Waals surface area contributed by atoms with Gasteiger partial charge >= 0.3 is 0 Å². The third-order valence-electron chi connectivity index (χ3n) is 1.96. The molecular formula is C11H13FO. The second-order valence-electron chi connectivity index (χ2n) is 3.05. The Balaban J connectivity index is 2.89. The van der Waals surface area contributed by atoms with E-state index in [0.29, 0.717) is 12.0 Å². The first-order chi connectivity index (χ1) is 6.15. The zero-order valence-electron chi connectivity index (χ0n) is 7.63. The molecule has 1 aromatic rings. The normalized spacial score (nSPS) is 12.5. The highest BCUT2D eigenvalue weighted by Gasteiger charge is 2.06. The smallest absolute Gasteiger partial charge is 0.126 e. The predicted molar refractivity (Wildman–Crippen MR) is 50.9 cm³/mol. The summed E-state index contributed by atoms with van der Waals surface area (Å²) >= 11 is 0. The van der Waals surface area contributed by atoms with Gasteiger partial charge in [-0.3, -0.25) is 0 Å². The fourth-order valence-electron chi connectivity index (χ4n) is 1.17. The molecule has 1 rings (SSSR count). The SMILES string of the molecule is C=CC[C@@H](O)c1ccc(F)c(C)c1. The van der Waals surface area contributed by atoms with Gasteiger partial charge in [0.2, 0.25) is 0 Å².